The first kappa shape index (κ1) is 17.8. The van der Waals surface area contributed by atoms with Crippen LogP contribution in [0.5, 0.6) is 0 Å². The molecule has 1 aromatic heterocycles. The van der Waals surface area contributed by atoms with Crippen LogP contribution in [0.3, 0.4) is 0 Å². The van der Waals surface area contributed by atoms with Gasteiger partial charge >= 0.3 is 6.09 Å². The maximum absolute atomic E-state index is 12.2. The molecule has 7 heteroatoms. The predicted molar refractivity (Wildman–Crippen MR) is 93.0 cm³/mol. The summed E-state index contributed by atoms with van der Waals surface area (Å²) in [5.74, 6) is 0.961. The molecule has 0 aliphatic carbocycles. The van der Waals surface area contributed by atoms with Gasteiger partial charge in [0.25, 0.3) is 0 Å². The molecule has 1 aromatic rings. The fraction of sp³-hybridized carbons (Fsp3) is 0.688. The summed E-state index contributed by atoms with van der Waals surface area (Å²) in [7, 11) is 1.82. The molecule has 0 saturated carbocycles. The van der Waals surface area contributed by atoms with Crippen molar-refractivity contribution in [2.45, 2.75) is 50.4 Å². The van der Waals surface area contributed by atoms with Crippen molar-refractivity contribution in [2.75, 3.05) is 31.3 Å². The Morgan fingerprint density at radius 1 is 1.39 bits per heavy atom. The third kappa shape index (κ3) is 4.99. The summed E-state index contributed by atoms with van der Waals surface area (Å²) >= 11 is 1.54. The highest BCUT2D eigenvalue weighted by atomic mass is 32.2. The molecule has 1 amide bonds. The molecule has 0 spiro atoms. The molecule has 0 unspecified atom stereocenters. The third-order valence-corrected chi connectivity index (χ3v) is 4.38. The van der Waals surface area contributed by atoms with Crippen LogP contribution in [0.15, 0.2) is 17.4 Å². The van der Waals surface area contributed by atoms with E-state index < -0.39 is 5.60 Å². The van der Waals surface area contributed by atoms with Gasteiger partial charge < -0.3 is 14.5 Å². The minimum Gasteiger partial charge on any atom is -0.444 e. The van der Waals surface area contributed by atoms with Gasteiger partial charge in [-0.05, 0) is 45.9 Å². The van der Waals surface area contributed by atoms with E-state index in [2.05, 4.69) is 14.9 Å². The third-order valence-electron chi connectivity index (χ3n) is 3.82. The molecular formula is C16H26N4O2S. The fourth-order valence-electron chi connectivity index (χ4n) is 2.57. The number of carbonyl (C=O) groups is 1. The Bertz CT molecular complexity index is 539. The van der Waals surface area contributed by atoms with Crippen molar-refractivity contribution in [2.24, 2.45) is 0 Å². The smallest absolute Gasteiger partial charge is 0.410 e. The standard InChI is InChI=1S/C16H26N4O2S/c1-16(2,3)22-15(21)19(4)12-7-10-20(11-8-12)13-6-9-17-14(18-13)23-5/h6,9,12H,7-8,10-11H2,1-5H3. The average molecular weight is 338 g/mol. The van der Waals surface area contributed by atoms with Crippen LogP contribution < -0.4 is 4.90 Å². The van der Waals surface area contributed by atoms with Gasteiger partial charge in [0.15, 0.2) is 5.16 Å². The number of anilines is 1. The molecule has 23 heavy (non-hydrogen) atoms. The van der Waals surface area contributed by atoms with Crippen LogP contribution in [0.1, 0.15) is 33.6 Å². The lowest BCUT2D eigenvalue weighted by Gasteiger charge is -2.37. The number of aromatic nitrogens is 2. The second-order valence-electron chi connectivity index (χ2n) is 6.71. The summed E-state index contributed by atoms with van der Waals surface area (Å²) < 4.78 is 5.44. The van der Waals surface area contributed by atoms with Gasteiger partial charge in [-0.2, -0.15) is 0 Å². The largest absolute Gasteiger partial charge is 0.444 e. The molecule has 0 bridgehead atoms. The number of hydrogen-bond acceptors (Lipinski definition) is 6. The maximum atomic E-state index is 12.2. The van der Waals surface area contributed by atoms with Crippen molar-refractivity contribution < 1.29 is 9.53 Å². The zero-order valence-electron chi connectivity index (χ0n) is 14.6. The number of piperidine rings is 1. The van der Waals surface area contributed by atoms with Crippen molar-refractivity contribution in [3.63, 3.8) is 0 Å². The summed E-state index contributed by atoms with van der Waals surface area (Å²) in [6.07, 6.45) is 5.35. The van der Waals surface area contributed by atoms with Gasteiger partial charge in [-0.1, -0.05) is 11.8 Å². The molecular weight excluding hydrogens is 312 g/mol. The highest BCUT2D eigenvalue weighted by Crippen LogP contribution is 2.23. The van der Waals surface area contributed by atoms with E-state index in [9.17, 15) is 4.79 Å². The minimum absolute atomic E-state index is 0.211. The molecule has 1 fully saturated rings. The van der Waals surface area contributed by atoms with Crippen LogP contribution in [0.2, 0.25) is 0 Å². The molecule has 2 heterocycles. The van der Waals surface area contributed by atoms with Crippen LogP contribution in [0.25, 0.3) is 0 Å². The molecule has 1 aliphatic heterocycles. The number of ether oxygens (including phenoxy) is 1. The van der Waals surface area contributed by atoms with E-state index >= 15 is 0 Å². The first-order chi connectivity index (χ1) is 10.8. The summed E-state index contributed by atoms with van der Waals surface area (Å²) in [6, 6.07) is 2.15. The monoisotopic (exact) mass is 338 g/mol. The van der Waals surface area contributed by atoms with Crippen molar-refractivity contribution in [1.29, 1.82) is 0 Å². The Morgan fingerprint density at radius 2 is 2.04 bits per heavy atom. The van der Waals surface area contributed by atoms with E-state index in [0.29, 0.717) is 0 Å². The number of thioether (sulfide) groups is 1. The van der Waals surface area contributed by atoms with Crippen LogP contribution in [0.4, 0.5) is 10.6 Å². The lowest BCUT2D eigenvalue weighted by Crippen LogP contribution is -2.47. The van der Waals surface area contributed by atoms with Crippen LogP contribution >= 0.6 is 11.8 Å². The highest BCUT2D eigenvalue weighted by molar-refractivity contribution is 7.98. The van der Waals surface area contributed by atoms with Crippen LogP contribution in [-0.4, -0.2) is 59.0 Å². The van der Waals surface area contributed by atoms with Crippen molar-refractivity contribution in [1.82, 2.24) is 14.9 Å². The van der Waals surface area contributed by atoms with E-state index in [-0.39, 0.29) is 12.1 Å². The second-order valence-corrected chi connectivity index (χ2v) is 7.48. The number of carbonyl (C=O) groups excluding carboxylic acids is 1. The Morgan fingerprint density at radius 3 is 2.61 bits per heavy atom. The summed E-state index contributed by atoms with van der Waals surface area (Å²) in [4.78, 5) is 24.9. The van der Waals surface area contributed by atoms with E-state index in [1.165, 1.54) is 0 Å². The first-order valence-electron chi connectivity index (χ1n) is 7.88. The topological polar surface area (TPSA) is 58.6 Å². The van der Waals surface area contributed by atoms with E-state index in [4.69, 9.17) is 4.74 Å². The summed E-state index contributed by atoms with van der Waals surface area (Å²) in [5, 5.41) is 0.787. The second kappa shape index (κ2) is 7.38. The SMILES string of the molecule is CSc1nccc(N2CCC(N(C)C(=O)OC(C)(C)C)CC2)n1. The number of hydrogen-bond donors (Lipinski definition) is 0. The van der Waals surface area contributed by atoms with E-state index in [0.717, 1.165) is 36.9 Å². The van der Waals surface area contributed by atoms with Gasteiger partial charge in [0.05, 0.1) is 0 Å². The Kier molecular flexibility index (Phi) is 5.73. The lowest BCUT2D eigenvalue weighted by molar-refractivity contribution is 0.0201. The zero-order valence-corrected chi connectivity index (χ0v) is 15.4. The predicted octanol–water partition coefficient (Wildman–Crippen LogP) is 3.03. The van der Waals surface area contributed by atoms with E-state index in [1.807, 2.05) is 40.1 Å². The molecule has 1 aliphatic rings. The molecule has 128 valence electrons. The Labute approximate surface area is 142 Å². The van der Waals surface area contributed by atoms with Crippen molar-refractivity contribution >= 4 is 23.7 Å². The van der Waals surface area contributed by atoms with Gasteiger partial charge in [0, 0.05) is 32.4 Å². The van der Waals surface area contributed by atoms with Crippen LogP contribution in [-0.2, 0) is 4.74 Å². The van der Waals surface area contributed by atoms with Crippen molar-refractivity contribution in [3.8, 4) is 0 Å². The van der Waals surface area contributed by atoms with Gasteiger partial charge in [-0.3, -0.25) is 0 Å². The molecule has 2 rings (SSSR count). The lowest BCUT2D eigenvalue weighted by atomic mass is 10.0. The molecule has 0 radical (unpaired) electrons. The van der Waals surface area contributed by atoms with Crippen molar-refractivity contribution in [3.05, 3.63) is 12.3 Å². The average Bonchev–Trinajstić information content (AvgIpc) is 2.53. The number of amides is 1. The quantitative estimate of drug-likeness (QED) is 0.624. The summed E-state index contributed by atoms with van der Waals surface area (Å²) in [5.41, 5.74) is -0.457. The highest BCUT2D eigenvalue weighted by Gasteiger charge is 2.28. The molecule has 0 atom stereocenters. The minimum atomic E-state index is -0.457. The van der Waals surface area contributed by atoms with Gasteiger partial charge in [0.2, 0.25) is 0 Å². The van der Waals surface area contributed by atoms with Crippen LogP contribution in [0, 0.1) is 0 Å². The zero-order chi connectivity index (χ0) is 17.0. The first-order valence-corrected chi connectivity index (χ1v) is 9.10. The molecule has 6 nitrogen and oxygen atoms in total. The summed E-state index contributed by atoms with van der Waals surface area (Å²) in [6.45, 7) is 7.42. The fourth-order valence-corrected chi connectivity index (χ4v) is 2.92. The Balaban J connectivity index is 1.91. The number of rotatable bonds is 3. The molecule has 1 saturated heterocycles. The molecule has 0 aromatic carbocycles. The van der Waals surface area contributed by atoms with Gasteiger partial charge in [-0.15, -0.1) is 0 Å². The Hall–Kier alpha value is -1.50. The van der Waals surface area contributed by atoms with E-state index in [1.54, 1.807) is 22.9 Å². The normalized spacial score (nSPS) is 16.3. The number of nitrogens with zero attached hydrogens (tertiary/aromatic N) is 4. The molecule has 0 N–H and O–H groups in total. The van der Waals surface area contributed by atoms with Gasteiger partial charge in [0.1, 0.15) is 11.4 Å². The maximum Gasteiger partial charge on any atom is 0.410 e. The van der Waals surface area contributed by atoms with Gasteiger partial charge in [-0.25, -0.2) is 14.8 Å².